The second kappa shape index (κ2) is 6.20. The highest BCUT2D eigenvalue weighted by atomic mass is 32.2. The molecule has 2 aromatic rings. The van der Waals surface area contributed by atoms with Gasteiger partial charge in [-0.3, -0.25) is 9.29 Å². The smallest absolute Gasteiger partial charge is 0.266 e. The Hall–Kier alpha value is -2.08. The fourth-order valence-corrected chi connectivity index (χ4v) is 4.39. The van der Waals surface area contributed by atoms with E-state index in [0.717, 1.165) is 12.8 Å². The molecule has 1 aromatic heterocycles. The fourth-order valence-electron chi connectivity index (χ4n) is 2.71. The zero-order valence-corrected chi connectivity index (χ0v) is 14.0. The fraction of sp³-hybridized carbons (Fsp3) is 0.353. The van der Waals surface area contributed by atoms with Gasteiger partial charge in [0.2, 0.25) is 0 Å². The molecule has 1 saturated carbocycles. The number of anilines is 1. The van der Waals surface area contributed by atoms with Crippen molar-refractivity contribution < 1.29 is 13.2 Å². The minimum absolute atomic E-state index is 0.0893. The van der Waals surface area contributed by atoms with Gasteiger partial charge in [0.15, 0.2) is 0 Å². The predicted molar refractivity (Wildman–Crippen MR) is 89.1 cm³/mol. The lowest BCUT2D eigenvalue weighted by atomic mass is 10.2. The summed E-state index contributed by atoms with van der Waals surface area (Å²) in [5.74, 6) is 1.11. The summed E-state index contributed by atoms with van der Waals surface area (Å²) in [4.78, 5) is 4.16. The van der Waals surface area contributed by atoms with E-state index in [1.807, 2.05) is 6.92 Å². The van der Waals surface area contributed by atoms with E-state index in [1.165, 1.54) is 10.5 Å². The molecule has 0 aliphatic heterocycles. The van der Waals surface area contributed by atoms with Gasteiger partial charge in [-0.05, 0) is 62.1 Å². The Morgan fingerprint density at radius 2 is 1.91 bits per heavy atom. The zero-order chi connectivity index (χ0) is 16.4. The van der Waals surface area contributed by atoms with Crippen LogP contribution in [0.15, 0.2) is 53.7 Å². The molecule has 1 aliphatic rings. The highest BCUT2D eigenvalue weighted by molar-refractivity contribution is 7.92. The molecule has 1 aromatic carbocycles. The van der Waals surface area contributed by atoms with Crippen molar-refractivity contribution in [2.75, 3.05) is 11.4 Å². The van der Waals surface area contributed by atoms with Crippen molar-refractivity contribution in [3.8, 4) is 5.75 Å². The lowest BCUT2D eigenvalue weighted by Gasteiger charge is -2.30. The summed E-state index contributed by atoms with van der Waals surface area (Å²) in [7, 11) is -2.06. The number of benzene rings is 1. The minimum atomic E-state index is -3.65. The first-order valence-corrected chi connectivity index (χ1v) is 9.06. The average Bonchev–Trinajstić information content (AvgIpc) is 3.41. The Morgan fingerprint density at radius 3 is 2.43 bits per heavy atom. The SMILES string of the molecule is COc1ccc(N(C(C)C2CC2)S(=O)(=O)c2cccnc2)cc1. The molecule has 122 valence electrons. The molecule has 1 fully saturated rings. The van der Waals surface area contributed by atoms with Crippen molar-refractivity contribution in [2.45, 2.75) is 30.7 Å². The van der Waals surface area contributed by atoms with E-state index in [0.29, 0.717) is 17.4 Å². The standard InChI is InChI=1S/C17H20N2O3S/c1-13(14-5-6-14)19(15-7-9-16(22-2)10-8-15)23(20,21)17-4-3-11-18-12-17/h3-4,7-14H,5-6H2,1-2H3. The Labute approximate surface area is 137 Å². The highest BCUT2D eigenvalue weighted by Gasteiger charge is 2.38. The Balaban J connectivity index is 2.04. The first-order chi connectivity index (χ1) is 11.0. The molecule has 1 atom stereocenters. The highest BCUT2D eigenvalue weighted by Crippen LogP contribution is 2.39. The van der Waals surface area contributed by atoms with E-state index >= 15 is 0 Å². The van der Waals surface area contributed by atoms with Crippen molar-refractivity contribution in [1.29, 1.82) is 0 Å². The number of hydrogen-bond donors (Lipinski definition) is 0. The molecule has 6 heteroatoms. The number of hydrogen-bond acceptors (Lipinski definition) is 4. The third-order valence-corrected chi connectivity index (χ3v) is 6.09. The third-order valence-electron chi connectivity index (χ3n) is 4.19. The summed E-state index contributed by atoms with van der Waals surface area (Å²) in [6.45, 7) is 1.97. The zero-order valence-electron chi connectivity index (χ0n) is 13.2. The van der Waals surface area contributed by atoms with Crippen LogP contribution in [0.25, 0.3) is 0 Å². The largest absolute Gasteiger partial charge is 0.497 e. The number of pyridine rings is 1. The van der Waals surface area contributed by atoms with Gasteiger partial charge in [0.05, 0.1) is 12.8 Å². The van der Waals surface area contributed by atoms with Crippen molar-refractivity contribution >= 4 is 15.7 Å². The quantitative estimate of drug-likeness (QED) is 0.815. The molecule has 3 rings (SSSR count). The van der Waals surface area contributed by atoms with Gasteiger partial charge in [0.1, 0.15) is 10.6 Å². The van der Waals surface area contributed by atoms with Crippen LogP contribution in [0.3, 0.4) is 0 Å². The third kappa shape index (κ3) is 3.17. The monoisotopic (exact) mass is 332 g/mol. The van der Waals surface area contributed by atoms with Crippen LogP contribution in [-0.4, -0.2) is 26.6 Å². The molecule has 5 nitrogen and oxygen atoms in total. The van der Waals surface area contributed by atoms with Crippen LogP contribution in [0, 0.1) is 5.92 Å². The van der Waals surface area contributed by atoms with E-state index in [2.05, 4.69) is 4.98 Å². The maximum Gasteiger partial charge on any atom is 0.266 e. The summed E-state index contributed by atoms with van der Waals surface area (Å²) in [6.07, 6.45) is 5.10. The number of aromatic nitrogens is 1. The van der Waals surface area contributed by atoms with Gasteiger partial charge < -0.3 is 4.74 Å². The lowest BCUT2D eigenvalue weighted by molar-refractivity contribution is 0.415. The lowest BCUT2D eigenvalue weighted by Crippen LogP contribution is -2.40. The van der Waals surface area contributed by atoms with Crippen molar-refractivity contribution in [2.24, 2.45) is 5.92 Å². The summed E-state index contributed by atoms with van der Waals surface area (Å²) in [6, 6.07) is 10.3. The van der Waals surface area contributed by atoms with Crippen LogP contribution < -0.4 is 9.04 Å². The van der Waals surface area contributed by atoms with Crippen molar-refractivity contribution in [1.82, 2.24) is 4.98 Å². The van der Waals surface area contributed by atoms with Crippen LogP contribution in [-0.2, 0) is 10.0 Å². The van der Waals surface area contributed by atoms with Crippen LogP contribution in [0.5, 0.6) is 5.75 Å². The number of rotatable bonds is 6. The van der Waals surface area contributed by atoms with E-state index in [4.69, 9.17) is 4.74 Å². The van der Waals surface area contributed by atoms with Gasteiger partial charge in [-0.1, -0.05) is 0 Å². The van der Waals surface area contributed by atoms with Crippen LogP contribution in [0.1, 0.15) is 19.8 Å². The molecule has 0 spiro atoms. The number of nitrogens with zero attached hydrogens (tertiary/aromatic N) is 2. The van der Waals surface area contributed by atoms with Crippen LogP contribution in [0.4, 0.5) is 5.69 Å². The van der Waals surface area contributed by atoms with Gasteiger partial charge in [0.25, 0.3) is 10.0 Å². The number of methoxy groups -OCH3 is 1. The van der Waals surface area contributed by atoms with Crippen molar-refractivity contribution in [3.05, 3.63) is 48.8 Å². The minimum Gasteiger partial charge on any atom is -0.497 e. The van der Waals surface area contributed by atoms with E-state index in [-0.39, 0.29) is 10.9 Å². The van der Waals surface area contributed by atoms with Gasteiger partial charge in [-0.2, -0.15) is 0 Å². The van der Waals surface area contributed by atoms with Crippen molar-refractivity contribution in [3.63, 3.8) is 0 Å². The molecule has 23 heavy (non-hydrogen) atoms. The van der Waals surface area contributed by atoms with Gasteiger partial charge in [0, 0.05) is 18.4 Å². The molecule has 0 N–H and O–H groups in total. The topological polar surface area (TPSA) is 59.5 Å². The number of ether oxygens (including phenoxy) is 1. The molecule has 1 heterocycles. The Bertz CT molecular complexity index is 756. The summed E-state index contributed by atoms with van der Waals surface area (Å²) in [5, 5.41) is 0. The second-order valence-electron chi connectivity index (χ2n) is 5.77. The first kappa shape index (κ1) is 15.8. The summed E-state index contributed by atoms with van der Waals surface area (Å²) in [5.41, 5.74) is 0.647. The van der Waals surface area contributed by atoms with E-state index in [9.17, 15) is 8.42 Å². The molecule has 0 radical (unpaired) electrons. The first-order valence-electron chi connectivity index (χ1n) is 7.62. The van der Waals surface area contributed by atoms with Crippen LogP contribution >= 0.6 is 0 Å². The summed E-state index contributed by atoms with van der Waals surface area (Å²) < 4.78 is 32.9. The van der Waals surface area contributed by atoms with Gasteiger partial charge in [-0.15, -0.1) is 0 Å². The average molecular weight is 332 g/mol. The molecule has 0 bridgehead atoms. The molecule has 0 saturated heterocycles. The Morgan fingerprint density at radius 1 is 1.22 bits per heavy atom. The molecule has 0 amide bonds. The van der Waals surface area contributed by atoms with Gasteiger partial charge in [-0.25, -0.2) is 8.42 Å². The maximum absolute atomic E-state index is 13.1. The second-order valence-corrected chi connectivity index (χ2v) is 7.58. The van der Waals surface area contributed by atoms with E-state index in [1.54, 1.807) is 49.7 Å². The maximum atomic E-state index is 13.1. The predicted octanol–water partition coefficient (Wildman–Crippen LogP) is 3.08. The van der Waals surface area contributed by atoms with E-state index < -0.39 is 10.0 Å². The summed E-state index contributed by atoms with van der Waals surface area (Å²) >= 11 is 0. The molecular formula is C17H20N2O3S. The van der Waals surface area contributed by atoms with Crippen LogP contribution in [0.2, 0.25) is 0 Å². The number of sulfonamides is 1. The van der Waals surface area contributed by atoms with Gasteiger partial charge >= 0.3 is 0 Å². The Kier molecular flexibility index (Phi) is 4.26. The molecule has 1 aliphatic carbocycles. The molecule has 1 unspecified atom stereocenters. The molecular weight excluding hydrogens is 312 g/mol. The normalized spacial score (nSPS) is 15.9.